The molecule has 39 heavy (non-hydrogen) atoms. The van der Waals surface area contributed by atoms with E-state index in [9.17, 15) is 22.8 Å². The van der Waals surface area contributed by atoms with E-state index in [1.807, 2.05) is 32.0 Å². The predicted molar refractivity (Wildman–Crippen MR) is 150 cm³/mol. The molecule has 200 valence electrons. The van der Waals surface area contributed by atoms with Crippen molar-refractivity contribution in [2.75, 3.05) is 11.1 Å². The molecule has 0 fully saturated rings. The van der Waals surface area contributed by atoms with E-state index in [2.05, 4.69) is 10.3 Å². The highest BCUT2D eigenvalue weighted by molar-refractivity contribution is 7.99. The number of nitrogens with zero attached hydrogens (tertiary/aromatic N) is 3. The van der Waals surface area contributed by atoms with Gasteiger partial charge in [0.05, 0.1) is 21.5 Å². The van der Waals surface area contributed by atoms with Gasteiger partial charge in [-0.25, -0.2) is 23.1 Å². The second kappa shape index (κ2) is 10.1. The summed E-state index contributed by atoms with van der Waals surface area (Å²) in [5, 5.41) is 3.61. The molecule has 0 unspecified atom stereocenters. The van der Waals surface area contributed by atoms with E-state index in [1.165, 1.54) is 16.2 Å². The highest BCUT2D eigenvalue weighted by Gasteiger charge is 2.24. The summed E-state index contributed by atoms with van der Waals surface area (Å²) < 4.78 is 42.9. The number of benzene rings is 2. The molecule has 3 aromatic heterocycles. The number of halogens is 3. The third-order valence-corrected chi connectivity index (χ3v) is 9.57. The number of rotatable bonds is 5. The molecule has 1 amide bonds. The van der Waals surface area contributed by atoms with Crippen LogP contribution < -0.4 is 10.9 Å². The third-order valence-electron chi connectivity index (χ3n) is 6.52. The van der Waals surface area contributed by atoms with Crippen molar-refractivity contribution in [3.8, 4) is 5.69 Å². The predicted octanol–water partition coefficient (Wildman–Crippen LogP) is 6.70. The van der Waals surface area contributed by atoms with Crippen molar-refractivity contribution in [3.05, 3.63) is 73.6 Å². The lowest BCUT2D eigenvalue weighted by atomic mass is 9.97. The van der Waals surface area contributed by atoms with E-state index < -0.39 is 23.4 Å². The molecule has 1 aliphatic rings. The Morgan fingerprint density at radius 3 is 2.54 bits per heavy atom. The number of anilines is 1. The van der Waals surface area contributed by atoms with Gasteiger partial charge in [0, 0.05) is 4.88 Å². The van der Waals surface area contributed by atoms with E-state index >= 15 is 0 Å². The van der Waals surface area contributed by atoms with Crippen LogP contribution in [0, 0.1) is 31.3 Å². The molecule has 0 atom stereocenters. The van der Waals surface area contributed by atoms with Crippen LogP contribution in [0.3, 0.4) is 0 Å². The zero-order chi connectivity index (χ0) is 27.4. The van der Waals surface area contributed by atoms with E-state index in [1.54, 1.807) is 4.57 Å². The van der Waals surface area contributed by atoms with E-state index in [0.717, 1.165) is 71.5 Å². The van der Waals surface area contributed by atoms with Gasteiger partial charge in [0.2, 0.25) is 5.91 Å². The van der Waals surface area contributed by atoms with Gasteiger partial charge in [0.15, 0.2) is 27.7 Å². The number of fused-ring (bicyclic) bond motifs is 4. The number of carbonyl (C=O) groups is 1. The normalized spacial score (nSPS) is 13.3. The first-order chi connectivity index (χ1) is 18.7. The molecule has 0 saturated heterocycles. The zero-order valence-electron chi connectivity index (χ0n) is 20.9. The van der Waals surface area contributed by atoms with Gasteiger partial charge in [-0.15, -0.1) is 11.3 Å². The zero-order valence-corrected chi connectivity index (χ0v) is 23.3. The molecule has 12 heteroatoms. The summed E-state index contributed by atoms with van der Waals surface area (Å²) in [7, 11) is 0. The smallest absolute Gasteiger partial charge is 0.267 e. The van der Waals surface area contributed by atoms with Gasteiger partial charge < -0.3 is 5.32 Å². The summed E-state index contributed by atoms with van der Waals surface area (Å²) in [4.78, 5) is 37.4. The highest BCUT2D eigenvalue weighted by Crippen LogP contribution is 2.36. The maximum Gasteiger partial charge on any atom is 0.267 e. The Kier molecular flexibility index (Phi) is 6.72. The number of amides is 1. The number of aryl methyl sites for hydroxylation is 4. The Labute approximate surface area is 232 Å². The first-order valence-corrected chi connectivity index (χ1v) is 14.8. The molecular formula is C27H21F3N4O2S3. The summed E-state index contributed by atoms with van der Waals surface area (Å²) in [6, 6.07) is 6.70. The number of aromatic nitrogens is 3. The molecule has 0 spiro atoms. The van der Waals surface area contributed by atoms with Crippen molar-refractivity contribution in [1.29, 1.82) is 0 Å². The van der Waals surface area contributed by atoms with Crippen LogP contribution in [-0.4, -0.2) is 26.2 Å². The number of thiazole rings is 1. The Bertz CT molecular complexity index is 1840. The maximum absolute atomic E-state index is 14.1. The standard InChI is InChI=1S/C27H21F3N4O2S3/c1-12-7-13(2)9-14(8-12)34-25(36)20-15-5-3-4-6-17(15)38-24(20)33-27(34)37-11-19(35)31-26-32-23-18(39-26)10-16(28)21(29)22(23)30/h7-10H,3-6,11H2,1-2H3,(H,31,32,35). The Hall–Kier alpha value is -3.22. The number of hydrogen-bond acceptors (Lipinski definition) is 7. The second-order valence-electron chi connectivity index (χ2n) is 9.46. The topological polar surface area (TPSA) is 76.9 Å². The van der Waals surface area contributed by atoms with Gasteiger partial charge in [-0.2, -0.15) is 0 Å². The Balaban J connectivity index is 1.35. The molecule has 1 N–H and O–H groups in total. The van der Waals surface area contributed by atoms with Crippen LogP contribution in [0.5, 0.6) is 0 Å². The average molecular weight is 587 g/mol. The van der Waals surface area contributed by atoms with Crippen molar-refractivity contribution >= 4 is 65.9 Å². The largest absolute Gasteiger partial charge is 0.301 e. The second-order valence-corrected chi connectivity index (χ2v) is 12.5. The molecule has 6 rings (SSSR count). The minimum atomic E-state index is -1.61. The summed E-state index contributed by atoms with van der Waals surface area (Å²) in [6.45, 7) is 3.91. The van der Waals surface area contributed by atoms with Crippen LogP contribution >= 0.6 is 34.4 Å². The Morgan fingerprint density at radius 2 is 1.77 bits per heavy atom. The first-order valence-electron chi connectivity index (χ1n) is 12.2. The number of hydrogen-bond donors (Lipinski definition) is 1. The molecule has 0 bridgehead atoms. The van der Waals surface area contributed by atoms with Crippen molar-refractivity contribution in [2.24, 2.45) is 0 Å². The van der Waals surface area contributed by atoms with Crippen molar-refractivity contribution in [1.82, 2.24) is 14.5 Å². The molecule has 2 aromatic carbocycles. The van der Waals surface area contributed by atoms with Gasteiger partial charge in [-0.1, -0.05) is 29.2 Å². The fourth-order valence-electron chi connectivity index (χ4n) is 4.90. The molecule has 3 heterocycles. The maximum atomic E-state index is 14.1. The molecule has 1 aliphatic carbocycles. The molecular weight excluding hydrogens is 566 g/mol. The van der Waals surface area contributed by atoms with Crippen LogP contribution in [0.1, 0.15) is 34.4 Å². The van der Waals surface area contributed by atoms with Crippen molar-refractivity contribution in [2.45, 2.75) is 44.7 Å². The van der Waals surface area contributed by atoms with Crippen LogP contribution in [0.4, 0.5) is 18.3 Å². The minimum absolute atomic E-state index is 0.0144. The summed E-state index contributed by atoms with van der Waals surface area (Å²) in [6.07, 6.45) is 3.90. The van der Waals surface area contributed by atoms with Gasteiger partial charge in [-0.05, 0) is 74.4 Å². The van der Waals surface area contributed by atoms with E-state index in [4.69, 9.17) is 4.98 Å². The molecule has 6 nitrogen and oxygen atoms in total. The van der Waals surface area contributed by atoms with Gasteiger partial charge in [0.25, 0.3) is 5.56 Å². The molecule has 0 aliphatic heterocycles. The average Bonchev–Trinajstić information content (AvgIpc) is 3.46. The minimum Gasteiger partial charge on any atom is -0.301 e. The van der Waals surface area contributed by atoms with Crippen LogP contribution in [-0.2, 0) is 17.6 Å². The lowest BCUT2D eigenvalue weighted by Crippen LogP contribution is -2.23. The van der Waals surface area contributed by atoms with E-state index in [0.29, 0.717) is 21.1 Å². The summed E-state index contributed by atoms with van der Waals surface area (Å²) in [5.74, 6) is -4.92. The van der Waals surface area contributed by atoms with E-state index in [-0.39, 0.29) is 26.7 Å². The Morgan fingerprint density at radius 1 is 1.03 bits per heavy atom. The monoisotopic (exact) mass is 586 g/mol. The number of carbonyl (C=O) groups excluding carboxylic acids is 1. The lowest BCUT2D eigenvalue weighted by molar-refractivity contribution is -0.113. The first kappa shape index (κ1) is 26.0. The van der Waals surface area contributed by atoms with Gasteiger partial charge in [0.1, 0.15) is 10.3 Å². The lowest BCUT2D eigenvalue weighted by Gasteiger charge is -2.14. The SMILES string of the molecule is Cc1cc(C)cc(-n2c(SCC(=O)Nc3nc4c(F)c(F)c(F)cc4s3)nc3sc4c(c3c2=O)CCCC4)c1. The number of nitrogens with one attached hydrogen (secondary N) is 1. The summed E-state index contributed by atoms with van der Waals surface area (Å²) in [5.41, 5.74) is 3.25. The highest BCUT2D eigenvalue weighted by atomic mass is 32.2. The molecule has 5 aromatic rings. The molecule has 0 radical (unpaired) electrons. The molecule has 0 saturated carbocycles. The van der Waals surface area contributed by atoms with Crippen molar-refractivity contribution in [3.63, 3.8) is 0 Å². The van der Waals surface area contributed by atoms with Crippen LogP contribution in [0.15, 0.2) is 34.2 Å². The number of thiophene rings is 1. The van der Waals surface area contributed by atoms with Gasteiger partial charge >= 0.3 is 0 Å². The number of thioether (sulfide) groups is 1. The fourth-order valence-corrected chi connectivity index (χ4v) is 7.92. The summed E-state index contributed by atoms with van der Waals surface area (Å²) >= 11 is 3.48. The van der Waals surface area contributed by atoms with Crippen LogP contribution in [0.25, 0.3) is 26.1 Å². The fraction of sp³-hybridized carbons (Fsp3) is 0.259. The quantitative estimate of drug-likeness (QED) is 0.141. The van der Waals surface area contributed by atoms with Crippen molar-refractivity contribution < 1.29 is 18.0 Å². The third kappa shape index (κ3) is 4.74. The van der Waals surface area contributed by atoms with Gasteiger partial charge in [-0.3, -0.25) is 14.2 Å². The van der Waals surface area contributed by atoms with Crippen LogP contribution in [0.2, 0.25) is 0 Å².